The zero-order valence-electron chi connectivity index (χ0n) is 8.91. The lowest BCUT2D eigenvalue weighted by atomic mass is 9.87. The second-order valence-corrected chi connectivity index (χ2v) is 3.66. The first-order valence-corrected chi connectivity index (χ1v) is 4.97. The molecule has 1 heterocycles. The maximum atomic E-state index is 8.88. The van der Waals surface area contributed by atoms with Crippen molar-refractivity contribution in [2.45, 2.75) is 13.5 Å². The molecule has 0 aliphatic heterocycles. The maximum Gasteiger partial charge on any atom is 0.511 e. The first-order chi connectivity index (χ1) is 7.65. The lowest BCUT2D eigenvalue weighted by Gasteiger charge is -2.00. The predicted molar refractivity (Wildman–Crippen MR) is 60.1 cm³/mol. The summed E-state index contributed by atoms with van der Waals surface area (Å²) >= 11 is 0. The van der Waals surface area contributed by atoms with E-state index in [1.165, 1.54) is 16.6 Å². The number of nitrogens with zero attached hydrogens (tertiary/aromatic N) is 3. The Hall–Kier alpha value is -1.66. The van der Waals surface area contributed by atoms with E-state index in [9.17, 15) is 0 Å². The number of hydrogen-bond donors (Lipinski definition) is 2. The molecule has 6 heteroatoms. The summed E-state index contributed by atoms with van der Waals surface area (Å²) in [7, 11) is -1.56. The summed E-state index contributed by atoms with van der Waals surface area (Å²) in [5, 5.41) is 25.6. The van der Waals surface area contributed by atoms with E-state index in [2.05, 4.69) is 10.2 Å². The molecule has 0 aliphatic rings. The van der Waals surface area contributed by atoms with Crippen molar-refractivity contribution >= 4 is 12.7 Å². The first kappa shape index (κ1) is 10.8. The van der Waals surface area contributed by atoms with Gasteiger partial charge < -0.3 is 10.0 Å². The molecule has 1 aromatic carbocycles. The molecule has 0 atom stereocenters. The standard InChI is InChI=1S/C10H12BN3O2/c1-8-2-4-9(5-3-8)7-14-12-6-10(13-14)11(15)16/h2-6,15-16H,7H2,1H3. The van der Waals surface area contributed by atoms with E-state index in [0.717, 1.165) is 5.56 Å². The molecule has 0 spiro atoms. The summed E-state index contributed by atoms with van der Waals surface area (Å²) in [5.74, 6) is 0. The largest absolute Gasteiger partial charge is 0.511 e. The molecular formula is C10H12BN3O2. The minimum absolute atomic E-state index is 0.159. The summed E-state index contributed by atoms with van der Waals surface area (Å²) in [6.07, 6.45) is 1.35. The smallest absolute Gasteiger partial charge is 0.422 e. The van der Waals surface area contributed by atoms with Gasteiger partial charge in [0.1, 0.15) is 5.59 Å². The molecule has 0 saturated carbocycles. The molecule has 0 fully saturated rings. The third-order valence-electron chi connectivity index (χ3n) is 2.26. The van der Waals surface area contributed by atoms with Gasteiger partial charge in [-0.25, -0.2) is 0 Å². The average Bonchev–Trinajstić information content (AvgIpc) is 2.70. The van der Waals surface area contributed by atoms with Gasteiger partial charge in [0.2, 0.25) is 0 Å². The topological polar surface area (TPSA) is 71.2 Å². The molecule has 0 amide bonds. The van der Waals surface area contributed by atoms with Crippen molar-refractivity contribution in [3.63, 3.8) is 0 Å². The fourth-order valence-electron chi connectivity index (χ4n) is 1.36. The fraction of sp³-hybridized carbons (Fsp3) is 0.200. The van der Waals surface area contributed by atoms with Crippen LogP contribution in [0.25, 0.3) is 0 Å². The van der Waals surface area contributed by atoms with Crippen LogP contribution < -0.4 is 5.59 Å². The lowest BCUT2D eigenvalue weighted by molar-refractivity contribution is 0.423. The van der Waals surface area contributed by atoms with Crippen molar-refractivity contribution in [3.8, 4) is 0 Å². The molecule has 5 nitrogen and oxygen atoms in total. The minimum atomic E-state index is -1.56. The van der Waals surface area contributed by atoms with Crippen LogP contribution in [0.15, 0.2) is 30.5 Å². The van der Waals surface area contributed by atoms with Gasteiger partial charge in [0.25, 0.3) is 0 Å². The molecule has 82 valence electrons. The molecule has 2 rings (SSSR count). The van der Waals surface area contributed by atoms with E-state index in [4.69, 9.17) is 10.0 Å². The van der Waals surface area contributed by atoms with Crippen molar-refractivity contribution in [2.75, 3.05) is 0 Å². The predicted octanol–water partition coefficient (Wildman–Crippen LogP) is -0.685. The Kier molecular flexibility index (Phi) is 3.03. The molecule has 2 aromatic rings. The molecule has 0 bridgehead atoms. The van der Waals surface area contributed by atoms with E-state index in [1.807, 2.05) is 31.2 Å². The van der Waals surface area contributed by atoms with Gasteiger partial charge in [-0.3, -0.25) is 0 Å². The van der Waals surface area contributed by atoms with Gasteiger partial charge in [0.15, 0.2) is 0 Å². The van der Waals surface area contributed by atoms with Crippen molar-refractivity contribution < 1.29 is 10.0 Å². The van der Waals surface area contributed by atoms with Gasteiger partial charge in [-0.15, -0.1) is 0 Å². The molecule has 0 radical (unpaired) electrons. The zero-order chi connectivity index (χ0) is 11.5. The number of aromatic nitrogens is 3. The number of benzene rings is 1. The molecule has 1 aromatic heterocycles. The second-order valence-electron chi connectivity index (χ2n) is 3.66. The van der Waals surface area contributed by atoms with E-state index in [0.29, 0.717) is 6.54 Å². The van der Waals surface area contributed by atoms with Crippen LogP contribution in [0.1, 0.15) is 11.1 Å². The van der Waals surface area contributed by atoms with Crippen LogP contribution in [-0.2, 0) is 6.54 Å². The summed E-state index contributed by atoms with van der Waals surface area (Å²) in [6.45, 7) is 2.54. The van der Waals surface area contributed by atoms with Crippen LogP contribution in [0.5, 0.6) is 0 Å². The highest BCUT2D eigenvalue weighted by atomic mass is 16.4. The lowest BCUT2D eigenvalue weighted by Crippen LogP contribution is -2.31. The zero-order valence-corrected chi connectivity index (χ0v) is 8.91. The SMILES string of the molecule is Cc1ccc(Cn2ncc(B(O)O)n2)cc1. The first-order valence-electron chi connectivity index (χ1n) is 4.97. The van der Waals surface area contributed by atoms with Crippen LogP contribution >= 0.6 is 0 Å². The third kappa shape index (κ3) is 2.47. The number of hydrogen-bond acceptors (Lipinski definition) is 4. The second kappa shape index (κ2) is 4.46. The van der Waals surface area contributed by atoms with Crippen molar-refractivity contribution in [1.29, 1.82) is 0 Å². The highest BCUT2D eigenvalue weighted by Gasteiger charge is 2.15. The Labute approximate surface area is 93.5 Å². The molecule has 0 saturated heterocycles. The number of rotatable bonds is 3. The molecule has 0 unspecified atom stereocenters. The Morgan fingerprint density at radius 1 is 1.25 bits per heavy atom. The Morgan fingerprint density at radius 3 is 2.50 bits per heavy atom. The minimum Gasteiger partial charge on any atom is -0.422 e. The van der Waals surface area contributed by atoms with Gasteiger partial charge >= 0.3 is 7.12 Å². The summed E-state index contributed by atoms with van der Waals surface area (Å²) in [5.41, 5.74) is 2.43. The van der Waals surface area contributed by atoms with Crippen LogP contribution in [0.4, 0.5) is 0 Å². The summed E-state index contributed by atoms with van der Waals surface area (Å²) < 4.78 is 0. The van der Waals surface area contributed by atoms with Gasteiger partial charge in [-0.2, -0.15) is 15.0 Å². The van der Waals surface area contributed by atoms with Gasteiger partial charge in [0, 0.05) is 0 Å². The van der Waals surface area contributed by atoms with Crippen molar-refractivity contribution in [3.05, 3.63) is 41.6 Å². The molecule has 0 aliphatic carbocycles. The quantitative estimate of drug-likeness (QED) is 0.668. The van der Waals surface area contributed by atoms with Gasteiger partial charge in [-0.1, -0.05) is 29.8 Å². The van der Waals surface area contributed by atoms with E-state index >= 15 is 0 Å². The van der Waals surface area contributed by atoms with Crippen molar-refractivity contribution in [2.24, 2.45) is 0 Å². The van der Waals surface area contributed by atoms with Crippen LogP contribution in [-0.4, -0.2) is 32.2 Å². The fourth-order valence-corrected chi connectivity index (χ4v) is 1.36. The highest BCUT2D eigenvalue weighted by molar-refractivity contribution is 6.57. The van der Waals surface area contributed by atoms with Crippen LogP contribution in [0, 0.1) is 6.92 Å². The van der Waals surface area contributed by atoms with Crippen LogP contribution in [0.3, 0.4) is 0 Å². The monoisotopic (exact) mass is 217 g/mol. The molecule has 16 heavy (non-hydrogen) atoms. The van der Waals surface area contributed by atoms with E-state index < -0.39 is 7.12 Å². The molecule has 2 N–H and O–H groups in total. The Morgan fingerprint density at radius 2 is 1.94 bits per heavy atom. The van der Waals surface area contributed by atoms with E-state index in [-0.39, 0.29) is 5.59 Å². The number of aryl methyl sites for hydroxylation is 1. The van der Waals surface area contributed by atoms with Crippen molar-refractivity contribution in [1.82, 2.24) is 15.0 Å². The average molecular weight is 217 g/mol. The summed E-state index contributed by atoms with van der Waals surface area (Å²) in [4.78, 5) is 1.43. The van der Waals surface area contributed by atoms with Gasteiger partial charge in [-0.05, 0) is 12.5 Å². The Bertz CT molecular complexity index is 467. The maximum absolute atomic E-state index is 8.88. The molecular weight excluding hydrogens is 205 g/mol. The Balaban J connectivity index is 2.11. The summed E-state index contributed by atoms with van der Waals surface area (Å²) in [6, 6.07) is 8.02. The van der Waals surface area contributed by atoms with E-state index in [1.54, 1.807) is 0 Å². The normalized spacial score (nSPS) is 10.4. The highest BCUT2D eigenvalue weighted by Crippen LogP contribution is 2.03. The van der Waals surface area contributed by atoms with Gasteiger partial charge in [0.05, 0.1) is 12.7 Å². The van der Waals surface area contributed by atoms with Crippen LogP contribution in [0.2, 0.25) is 0 Å². The third-order valence-corrected chi connectivity index (χ3v) is 2.26.